The van der Waals surface area contributed by atoms with Crippen LogP contribution in [0.1, 0.15) is 41.5 Å². The molecule has 0 aliphatic carbocycles. The number of hydrogen-bond donors (Lipinski definition) is 0. The zero-order chi connectivity index (χ0) is 20.0. The van der Waals surface area contributed by atoms with Gasteiger partial charge in [-0.3, -0.25) is 9.36 Å². The highest BCUT2D eigenvalue weighted by Crippen LogP contribution is 2.34. The van der Waals surface area contributed by atoms with Crippen LogP contribution in [0.5, 0.6) is 0 Å². The number of ether oxygens (including phenoxy) is 1. The Labute approximate surface area is 166 Å². The predicted octanol–water partition coefficient (Wildman–Crippen LogP) is 4.69. The van der Waals surface area contributed by atoms with Gasteiger partial charge in [0.1, 0.15) is 5.82 Å². The first kappa shape index (κ1) is 18.4. The minimum Gasteiger partial charge on any atom is -0.432 e. The van der Waals surface area contributed by atoms with E-state index in [1.165, 1.54) is 19.1 Å². The number of halogens is 2. The number of benzene rings is 2. The number of aromatic nitrogens is 2. The quantitative estimate of drug-likeness (QED) is 0.589. The lowest BCUT2D eigenvalue weighted by atomic mass is 10.00. The van der Waals surface area contributed by atoms with Crippen LogP contribution in [-0.2, 0) is 9.53 Å². The van der Waals surface area contributed by atoms with Gasteiger partial charge in [0.25, 0.3) is 6.23 Å². The summed E-state index contributed by atoms with van der Waals surface area (Å²) >= 11 is 6.41. The molecule has 2 heterocycles. The van der Waals surface area contributed by atoms with E-state index in [2.05, 4.69) is 9.98 Å². The molecule has 142 valence electrons. The van der Waals surface area contributed by atoms with Crippen molar-refractivity contribution in [2.24, 2.45) is 4.99 Å². The van der Waals surface area contributed by atoms with Crippen molar-refractivity contribution in [2.45, 2.75) is 27.0 Å². The molecule has 0 amide bonds. The minimum absolute atomic E-state index is 0.402. The fourth-order valence-corrected chi connectivity index (χ4v) is 3.57. The molecular weight excluding hydrogens is 381 g/mol. The number of carbonyl (C=O) groups is 1. The third-order valence-electron chi connectivity index (χ3n) is 4.70. The Hall–Kier alpha value is -2.99. The molecule has 2 aromatic carbocycles. The maximum Gasteiger partial charge on any atom is 0.304 e. The fraction of sp³-hybridized carbons (Fsp3) is 0.190. The van der Waals surface area contributed by atoms with Gasteiger partial charge in [0, 0.05) is 28.8 Å². The first-order chi connectivity index (χ1) is 13.4. The van der Waals surface area contributed by atoms with Gasteiger partial charge in [-0.05, 0) is 38.1 Å². The standard InChI is InChI=1S/C21H17ClFN3O2/c1-11-12(2)26-18-9-8-14(23)10-16(18)19(15-6-4-5-7-17(15)22)25-21(20(26)24-11)28-13(3)27/h4-10,21H,1-3H3. The van der Waals surface area contributed by atoms with Crippen molar-refractivity contribution >= 4 is 23.3 Å². The number of rotatable bonds is 2. The molecule has 0 saturated carbocycles. The zero-order valence-electron chi connectivity index (χ0n) is 15.5. The van der Waals surface area contributed by atoms with Crippen molar-refractivity contribution in [3.63, 3.8) is 0 Å². The molecule has 7 heteroatoms. The molecule has 4 rings (SSSR count). The van der Waals surface area contributed by atoms with E-state index < -0.39 is 18.0 Å². The second kappa shape index (κ2) is 6.87. The number of fused-ring (bicyclic) bond motifs is 3. The fourth-order valence-electron chi connectivity index (χ4n) is 3.35. The molecule has 0 radical (unpaired) electrons. The van der Waals surface area contributed by atoms with E-state index in [0.29, 0.717) is 33.4 Å². The van der Waals surface area contributed by atoms with Gasteiger partial charge in [0.15, 0.2) is 5.82 Å². The third-order valence-corrected chi connectivity index (χ3v) is 5.03. The lowest BCUT2D eigenvalue weighted by Crippen LogP contribution is -2.12. The highest BCUT2D eigenvalue weighted by molar-refractivity contribution is 6.35. The van der Waals surface area contributed by atoms with Crippen molar-refractivity contribution < 1.29 is 13.9 Å². The van der Waals surface area contributed by atoms with Crippen LogP contribution in [0, 0.1) is 19.7 Å². The maximum absolute atomic E-state index is 14.2. The molecule has 0 fully saturated rings. The molecule has 1 atom stereocenters. The first-order valence-electron chi connectivity index (χ1n) is 8.73. The Balaban J connectivity index is 2.08. The lowest BCUT2D eigenvalue weighted by molar-refractivity contribution is -0.146. The molecule has 0 saturated heterocycles. The number of esters is 1. The molecule has 1 unspecified atom stereocenters. The highest BCUT2D eigenvalue weighted by atomic mass is 35.5. The SMILES string of the molecule is CC(=O)OC1N=C(c2ccccc2Cl)c2cc(F)ccc2-n2c1nc(C)c2C. The van der Waals surface area contributed by atoms with Crippen molar-refractivity contribution in [3.05, 3.63) is 81.6 Å². The van der Waals surface area contributed by atoms with Gasteiger partial charge in [-0.1, -0.05) is 29.8 Å². The van der Waals surface area contributed by atoms with Crippen molar-refractivity contribution in [3.8, 4) is 5.69 Å². The van der Waals surface area contributed by atoms with Gasteiger partial charge in [0.2, 0.25) is 0 Å². The van der Waals surface area contributed by atoms with Gasteiger partial charge in [-0.25, -0.2) is 14.4 Å². The Morgan fingerprint density at radius 3 is 2.64 bits per heavy atom. The Kier molecular flexibility index (Phi) is 4.51. The number of carbonyl (C=O) groups excluding carboxylic acids is 1. The number of nitrogens with zero attached hydrogens (tertiary/aromatic N) is 3. The van der Waals surface area contributed by atoms with Gasteiger partial charge in [-0.15, -0.1) is 0 Å². The number of aliphatic imine (C=N–C) groups is 1. The molecule has 0 spiro atoms. The van der Waals surface area contributed by atoms with E-state index in [4.69, 9.17) is 16.3 Å². The second-order valence-corrected chi connectivity index (χ2v) is 6.96. The summed E-state index contributed by atoms with van der Waals surface area (Å²) < 4.78 is 21.5. The van der Waals surface area contributed by atoms with Crippen LogP contribution in [0.3, 0.4) is 0 Å². The Morgan fingerprint density at radius 2 is 1.93 bits per heavy atom. The third kappa shape index (κ3) is 2.99. The predicted molar refractivity (Wildman–Crippen MR) is 105 cm³/mol. The summed E-state index contributed by atoms with van der Waals surface area (Å²) in [5.41, 5.74) is 3.93. The van der Waals surface area contributed by atoms with E-state index in [0.717, 1.165) is 11.4 Å². The summed E-state index contributed by atoms with van der Waals surface area (Å²) in [4.78, 5) is 21.0. The van der Waals surface area contributed by atoms with Crippen LogP contribution in [0.2, 0.25) is 5.02 Å². The zero-order valence-corrected chi connectivity index (χ0v) is 16.3. The van der Waals surface area contributed by atoms with Crippen LogP contribution in [-0.4, -0.2) is 21.2 Å². The van der Waals surface area contributed by atoms with Gasteiger partial charge in [0.05, 0.1) is 17.1 Å². The van der Waals surface area contributed by atoms with Crippen LogP contribution in [0.4, 0.5) is 4.39 Å². The number of aryl methyl sites for hydroxylation is 1. The van der Waals surface area contributed by atoms with Crippen LogP contribution >= 0.6 is 11.6 Å². The van der Waals surface area contributed by atoms with E-state index in [9.17, 15) is 9.18 Å². The summed E-state index contributed by atoms with van der Waals surface area (Å²) in [6.07, 6.45) is -0.980. The minimum atomic E-state index is -0.980. The Morgan fingerprint density at radius 1 is 1.18 bits per heavy atom. The van der Waals surface area contributed by atoms with Gasteiger partial charge < -0.3 is 4.74 Å². The maximum atomic E-state index is 14.2. The van der Waals surface area contributed by atoms with Crippen LogP contribution in [0.25, 0.3) is 5.69 Å². The summed E-state index contributed by atoms with van der Waals surface area (Å²) in [5.74, 6) is -0.435. The number of hydrogen-bond acceptors (Lipinski definition) is 4. The summed E-state index contributed by atoms with van der Waals surface area (Å²) in [6, 6.07) is 11.6. The lowest BCUT2D eigenvalue weighted by Gasteiger charge is -2.14. The molecule has 5 nitrogen and oxygen atoms in total. The van der Waals surface area contributed by atoms with Crippen LogP contribution < -0.4 is 0 Å². The Bertz CT molecular complexity index is 1140. The molecule has 28 heavy (non-hydrogen) atoms. The largest absolute Gasteiger partial charge is 0.432 e. The molecule has 1 aliphatic rings. The van der Waals surface area contributed by atoms with Gasteiger partial charge in [-0.2, -0.15) is 0 Å². The van der Waals surface area contributed by atoms with Gasteiger partial charge >= 0.3 is 5.97 Å². The number of imidazole rings is 1. The van der Waals surface area contributed by atoms with Crippen LogP contribution in [0.15, 0.2) is 47.5 Å². The molecule has 0 bridgehead atoms. The average Bonchev–Trinajstić information content (AvgIpc) is 2.87. The average molecular weight is 398 g/mol. The van der Waals surface area contributed by atoms with E-state index in [1.807, 2.05) is 24.5 Å². The van der Waals surface area contributed by atoms with Crippen molar-refractivity contribution in [1.29, 1.82) is 0 Å². The molecule has 1 aromatic heterocycles. The molecular formula is C21H17ClFN3O2. The first-order valence-corrected chi connectivity index (χ1v) is 9.10. The van der Waals surface area contributed by atoms with Crippen molar-refractivity contribution in [1.82, 2.24) is 9.55 Å². The molecule has 0 N–H and O–H groups in total. The molecule has 1 aliphatic heterocycles. The van der Waals surface area contributed by atoms with E-state index in [1.54, 1.807) is 24.3 Å². The monoisotopic (exact) mass is 397 g/mol. The molecule has 3 aromatic rings. The summed E-state index contributed by atoms with van der Waals surface area (Å²) in [7, 11) is 0. The smallest absolute Gasteiger partial charge is 0.304 e. The second-order valence-electron chi connectivity index (χ2n) is 6.56. The van der Waals surface area contributed by atoms with E-state index >= 15 is 0 Å². The topological polar surface area (TPSA) is 56.5 Å². The normalized spacial score (nSPS) is 15.3. The summed E-state index contributed by atoms with van der Waals surface area (Å²) in [6.45, 7) is 5.09. The summed E-state index contributed by atoms with van der Waals surface area (Å²) in [5, 5.41) is 0.463. The van der Waals surface area contributed by atoms with E-state index in [-0.39, 0.29) is 0 Å². The highest BCUT2D eigenvalue weighted by Gasteiger charge is 2.30. The van der Waals surface area contributed by atoms with Crippen molar-refractivity contribution in [2.75, 3.05) is 0 Å².